The van der Waals surface area contributed by atoms with E-state index in [2.05, 4.69) is 17.3 Å². The minimum Gasteiger partial charge on any atom is -0.311 e. The minimum atomic E-state index is -0.320. The van der Waals surface area contributed by atoms with Gasteiger partial charge in [-0.1, -0.05) is 12.1 Å². The van der Waals surface area contributed by atoms with Crippen LogP contribution in [0.4, 0.5) is 5.69 Å². The molecule has 0 amide bonds. The third-order valence-electron chi connectivity index (χ3n) is 3.74. The fourth-order valence-electron chi connectivity index (χ4n) is 2.24. The van der Waals surface area contributed by atoms with Crippen molar-refractivity contribution in [3.05, 3.63) is 39.4 Å². The Morgan fingerprint density at radius 1 is 1.47 bits per heavy atom. The number of likely N-dealkylation sites (N-methyl/N-ethyl adjacent to an activating group) is 1. The summed E-state index contributed by atoms with van der Waals surface area (Å²) in [7, 11) is 2.15. The van der Waals surface area contributed by atoms with Crippen molar-refractivity contribution in [2.75, 3.05) is 20.1 Å². The van der Waals surface area contributed by atoms with E-state index >= 15 is 0 Å². The maximum Gasteiger partial charge on any atom is 0.272 e. The van der Waals surface area contributed by atoms with Gasteiger partial charge in [0.1, 0.15) is 0 Å². The summed E-state index contributed by atoms with van der Waals surface area (Å²) < 4.78 is 0. The molecular formula is C14H21N3O2. The first-order valence-corrected chi connectivity index (χ1v) is 6.73. The highest BCUT2D eigenvalue weighted by Gasteiger charge is 2.25. The van der Waals surface area contributed by atoms with E-state index in [-0.39, 0.29) is 10.6 Å². The summed E-state index contributed by atoms with van der Waals surface area (Å²) in [6.07, 6.45) is 2.64. The standard InChI is InChI=1S/C14H21N3O2/c1-11-12(4-3-5-14(11)17(18)19)10-15-8-9-16(2)13-6-7-13/h3-5,13,15H,6-10H2,1-2H3. The van der Waals surface area contributed by atoms with Crippen LogP contribution in [0.25, 0.3) is 0 Å². The first-order chi connectivity index (χ1) is 9.09. The van der Waals surface area contributed by atoms with E-state index in [0.29, 0.717) is 6.54 Å². The highest BCUT2D eigenvalue weighted by molar-refractivity contribution is 5.44. The van der Waals surface area contributed by atoms with Crippen molar-refractivity contribution in [3.8, 4) is 0 Å². The van der Waals surface area contributed by atoms with Crippen LogP contribution in [-0.2, 0) is 6.54 Å². The van der Waals surface area contributed by atoms with Crippen molar-refractivity contribution in [2.24, 2.45) is 0 Å². The lowest BCUT2D eigenvalue weighted by atomic mass is 10.1. The third kappa shape index (κ3) is 3.75. The van der Waals surface area contributed by atoms with Crippen molar-refractivity contribution < 1.29 is 4.92 Å². The molecular weight excluding hydrogens is 242 g/mol. The molecule has 1 aromatic carbocycles. The Hall–Kier alpha value is -1.46. The monoisotopic (exact) mass is 263 g/mol. The van der Waals surface area contributed by atoms with Crippen LogP contribution in [-0.4, -0.2) is 36.0 Å². The van der Waals surface area contributed by atoms with Gasteiger partial charge in [0, 0.05) is 37.3 Å². The van der Waals surface area contributed by atoms with Gasteiger partial charge in [-0.25, -0.2) is 0 Å². The molecule has 1 aliphatic carbocycles. The molecule has 104 valence electrons. The average molecular weight is 263 g/mol. The van der Waals surface area contributed by atoms with Gasteiger partial charge in [0.15, 0.2) is 0 Å². The Morgan fingerprint density at radius 3 is 2.84 bits per heavy atom. The molecule has 0 heterocycles. The molecule has 0 spiro atoms. The minimum absolute atomic E-state index is 0.203. The molecule has 0 aliphatic heterocycles. The van der Waals surface area contributed by atoms with Gasteiger partial charge in [0.05, 0.1) is 4.92 Å². The number of hydrogen-bond acceptors (Lipinski definition) is 4. The summed E-state index contributed by atoms with van der Waals surface area (Å²) in [5.41, 5.74) is 1.97. The van der Waals surface area contributed by atoms with Crippen LogP contribution in [0.3, 0.4) is 0 Å². The molecule has 0 atom stereocenters. The molecule has 5 nitrogen and oxygen atoms in total. The Bertz CT molecular complexity index is 458. The van der Waals surface area contributed by atoms with E-state index in [9.17, 15) is 10.1 Å². The highest BCUT2D eigenvalue weighted by atomic mass is 16.6. The van der Waals surface area contributed by atoms with Gasteiger partial charge >= 0.3 is 0 Å². The number of nitro groups is 1. The lowest BCUT2D eigenvalue weighted by Gasteiger charge is -2.16. The fourth-order valence-corrected chi connectivity index (χ4v) is 2.24. The third-order valence-corrected chi connectivity index (χ3v) is 3.74. The van der Waals surface area contributed by atoms with Crippen molar-refractivity contribution in [1.29, 1.82) is 0 Å². The molecule has 0 bridgehead atoms. The van der Waals surface area contributed by atoms with E-state index in [0.717, 1.165) is 30.3 Å². The lowest BCUT2D eigenvalue weighted by molar-refractivity contribution is -0.385. The van der Waals surface area contributed by atoms with Gasteiger partial charge in [-0.05, 0) is 32.4 Å². The molecule has 1 aliphatic rings. The maximum atomic E-state index is 10.9. The quantitative estimate of drug-likeness (QED) is 0.465. The van der Waals surface area contributed by atoms with E-state index in [1.54, 1.807) is 12.1 Å². The van der Waals surface area contributed by atoms with Gasteiger partial charge in [-0.2, -0.15) is 0 Å². The van der Waals surface area contributed by atoms with Gasteiger partial charge in [-0.3, -0.25) is 10.1 Å². The van der Waals surface area contributed by atoms with Gasteiger partial charge in [0.2, 0.25) is 0 Å². The Balaban J connectivity index is 1.82. The van der Waals surface area contributed by atoms with E-state index in [4.69, 9.17) is 0 Å². The van der Waals surface area contributed by atoms with E-state index < -0.39 is 0 Å². The van der Waals surface area contributed by atoms with Crippen LogP contribution in [0.2, 0.25) is 0 Å². The van der Waals surface area contributed by atoms with Gasteiger partial charge in [-0.15, -0.1) is 0 Å². The van der Waals surface area contributed by atoms with Crippen LogP contribution in [0.15, 0.2) is 18.2 Å². The molecule has 1 aromatic rings. The van der Waals surface area contributed by atoms with Gasteiger partial charge in [0.25, 0.3) is 5.69 Å². The van der Waals surface area contributed by atoms with E-state index in [1.165, 1.54) is 12.8 Å². The predicted molar refractivity (Wildman–Crippen MR) is 75.2 cm³/mol. The van der Waals surface area contributed by atoms with Crippen molar-refractivity contribution >= 4 is 5.69 Å². The zero-order chi connectivity index (χ0) is 13.8. The first kappa shape index (κ1) is 14.0. The summed E-state index contributed by atoms with van der Waals surface area (Å²) in [5, 5.41) is 14.2. The zero-order valence-electron chi connectivity index (χ0n) is 11.6. The zero-order valence-corrected chi connectivity index (χ0v) is 11.6. The maximum absolute atomic E-state index is 10.9. The number of hydrogen-bond donors (Lipinski definition) is 1. The molecule has 0 radical (unpaired) electrons. The summed E-state index contributed by atoms with van der Waals surface area (Å²) in [4.78, 5) is 12.9. The van der Waals surface area contributed by atoms with Crippen LogP contribution in [0.5, 0.6) is 0 Å². The SMILES string of the molecule is Cc1c(CNCCN(C)C2CC2)cccc1[N+](=O)[O-]. The van der Waals surface area contributed by atoms with Crippen LogP contribution in [0, 0.1) is 17.0 Å². The van der Waals surface area contributed by atoms with Gasteiger partial charge < -0.3 is 10.2 Å². The summed E-state index contributed by atoms with van der Waals surface area (Å²) >= 11 is 0. The first-order valence-electron chi connectivity index (χ1n) is 6.73. The van der Waals surface area contributed by atoms with Crippen molar-refractivity contribution in [1.82, 2.24) is 10.2 Å². The Labute approximate surface area is 113 Å². The molecule has 0 aromatic heterocycles. The molecule has 0 saturated heterocycles. The molecule has 1 saturated carbocycles. The molecule has 2 rings (SSSR count). The second kappa shape index (κ2) is 6.12. The molecule has 1 N–H and O–H groups in total. The van der Waals surface area contributed by atoms with E-state index in [1.807, 2.05) is 13.0 Å². The number of rotatable bonds is 7. The molecule has 5 heteroatoms. The second-order valence-corrected chi connectivity index (χ2v) is 5.21. The Morgan fingerprint density at radius 2 is 2.21 bits per heavy atom. The summed E-state index contributed by atoms with van der Waals surface area (Å²) in [6, 6.07) is 6.03. The molecule has 1 fully saturated rings. The van der Waals surface area contributed by atoms with Crippen LogP contribution in [0.1, 0.15) is 24.0 Å². The smallest absolute Gasteiger partial charge is 0.272 e. The van der Waals surface area contributed by atoms with Crippen LogP contribution >= 0.6 is 0 Å². The second-order valence-electron chi connectivity index (χ2n) is 5.21. The van der Waals surface area contributed by atoms with Crippen molar-refractivity contribution in [2.45, 2.75) is 32.4 Å². The summed E-state index contributed by atoms with van der Waals surface area (Å²) in [5.74, 6) is 0. The van der Waals surface area contributed by atoms with Crippen LogP contribution < -0.4 is 5.32 Å². The predicted octanol–water partition coefficient (Wildman–Crippen LogP) is 2.09. The molecule has 19 heavy (non-hydrogen) atoms. The van der Waals surface area contributed by atoms with Crippen molar-refractivity contribution in [3.63, 3.8) is 0 Å². The fraction of sp³-hybridized carbons (Fsp3) is 0.571. The number of nitrogens with zero attached hydrogens (tertiary/aromatic N) is 2. The number of nitro benzene ring substituents is 1. The average Bonchev–Trinajstić information content (AvgIpc) is 3.19. The molecule has 0 unspecified atom stereocenters. The topological polar surface area (TPSA) is 58.4 Å². The number of nitrogens with one attached hydrogen (secondary N) is 1. The summed E-state index contributed by atoms with van der Waals surface area (Å²) in [6.45, 7) is 4.44. The largest absolute Gasteiger partial charge is 0.311 e. The Kier molecular flexibility index (Phi) is 4.50. The normalized spacial score (nSPS) is 14.9. The highest BCUT2D eigenvalue weighted by Crippen LogP contribution is 2.24. The number of benzene rings is 1. The lowest BCUT2D eigenvalue weighted by Crippen LogP contribution is -2.30.